The predicted molar refractivity (Wildman–Crippen MR) is 70.2 cm³/mol. The molecule has 0 N–H and O–H groups in total. The fourth-order valence-corrected chi connectivity index (χ4v) is 1.74. The molecule has 1 heterocycles. The van der Waals surface area contributed by atoms with E-state index < -0.39 is 0 Å². The van der Waals surface area contributed by atoms with Gasteiger partial charge in [0.2, 0.25) is 0 Å². The minimum absolute atomic E-state index is 0.0231. The number of benzene rings is 1. The Hall–Kier alpha value is -2.34. The Morgan fingerprint density at radius 1 is 1.22 bits per heavy atom. The molecule has 18 heavy (non-hydrogen) atoms. The molecule has 0 atom stereocenters. The monoisotopic (exact) mass is 238 g/mol. The number of para-hydroxylation sites is 1. The second-order valence-corrected chi connectivity index (χ2v) is 4.20. The van der Waals surface area contributed by atoms with Crippen LogP contribution in [0, 0.1) is 11.3 Å². The van der Waals surface area contributed by atoms with E-state index in [1.165, 1.54) is 0 Å². The smallest absolute Gasteiger partial charge is 0.145 e. The largest absolute Gasteiger partial charge is 0.489 e. The number of hydrogen-bond donors (Lipinski definition) is 0. The summed E-state index contributed by atoms with van der Waals surface area (Å²) in [4.78, 5) is 4.10. The SMILES string of the molecule is CC(C)Oc1c(C#N)cccc1-c1cccnc1. The maximum Gasteiger partial charge on any atom is 0.145 e. The van der Waals surface area contributed by atoms with E-state index >= 15 is 0 Å². The lowest BCUT2D eigenvalue weighted by molar-refractivity contribution is 0.243. The first-order chi connectivity index (χ1) is 8.72. The second-order valence-electron chi connectivity index (χ2n) is 4.20. The molecule has 2 aromatic rings. The summed E-state index contributed by atoms with van der Waals surface area (Å²) in [6, 6.07) is 11.5. The summed E-state index contributed by atoms with van der Waals surface area (Å²) in [5, 5.41) is 9.16. The van der Waals surface area contributed by atoms with Crippen molar-refractivity contribution in [3.8, 4) is 22.9 Å². The summed E-state index contributed by atoms with van der Waals surface area (Å²) >= 11 is 0. The summed E-state index contributed by atoms with van der Waals surface area (Å²) in [6.45, 7) is 3.89. The van der Waals surface area contributed by atoms with Crippen LogP contribution in [0.3, 0.4) is 0 Å². The van der Waals surface area contributed by atoms with Gasteiger partial charge in [-0.25, -0.2) is 0 Å². The van der Waals surface area contributed by atoms with Crippen LogP contribution in [0.4, 0.5) is 0 Å². The lowest BCUT2D eigenvalue weighted by Crippen LogP contribution is -2.08. The van der Waals surface area contributed by atoms with Crippen LogP contribution in [0.15, 0.2) is 42.7 Å². The van der Waals surface area contributed by atoms with Gasteiger partial charge in [-0.3, -0.25) is 4.98 Å². The van der Waals surface area contributed by atoms with E-state index in [1.54, 1.807) is 18.5 Å². The highest BCUT2D eigenvalue weighted by atomic mass is 16.5. The van der Waals surface area contributed by atoms with Crippen molar-refractivity contribution in [3.63, 3.8) is 0 Å². The molecule has 0 amide bonds. The van der Waals surface area contributed by atoms with Crippen molar-refractivity contribution < 1.29 is 4.74 Å². The van der Waals surface area contributed by atoms with Gasteiger partial charge < -0.3 is 4.74 Å². The average Bonchev–Trinajstić information content (AvgIpc) is 2.39. The zero-order valence-electron chi connectivity index (χ0n) is 10.4. The van der Waals surface area contributed by atoms with Gasteiger partial charge in [0.25, 0.3) is 0 Å². The summed E-state index contributed by atoms with van der Waals surface area (Å²) in [7, 11) is 0. The maximum atomic E-state index is 9.16. The fourth-order valence-electron chi connectivity index (χ4n) is 1.74. The zero-order chi connectivity index (χ0) is 13.0. The van der Waals surface area contributed by atoms with Crippen LogP contribution < -0.4 is 4.74 Å². The molecule has 0 saturated carbocycles. The number of nitriles is 1. The topological polar surface area (TPSA) is 45.9 Å². The van der Waals surface area contributed by atoms with Crippen LogP contribution in [-0.4, -0.2) is 11.1 Å². The van der Waals surface area contributed by atoms with Gasteiger partial charge in [0.15, 0.2) is 0 Å². The predicted octanol–water partition coefficient (Wildman–Crippen LogP) is 3.41. The summed E-state index contributed by atoms with van der Waals surface area (Å²) in [6.07, 6.45) is 3.51. The second kappa shape index (κ2) is 5.33. The third kappa shape index (κ3) is 2.49. The molecular weight excluding hydrogens is 224 g/mol. The molecule has 3 heteroatoms. The van der Waals surface area contributed by atoms with Gasteiger partial charge in [-0.15, -0.1) is 0 Å². The highest BCUT2D eigenvalue weighted by Gasteiger charge is 2.12. The van der Waals surface area contributed by atoms with Crippen LogP contribution in [0.5, 0.6) is 5.75 Å². The molecule has 0 saturated heterocycles. The highest BCUT2D eigenvalue weighted by molar-refractivity contribution is 5.73. The Morgan fingerprint density at radius 2 is 2.06 bits per heavy atom. The molecule has 2 rings (SSSR count). The minimum Gasteiger partial charge on any atom is -0.489 e. The van der Waals surface area contributed by atoms with E-state index in [1.807, 2.05) is 38.1 Å². The van der Waals surface area contributed by atoms with Crippen LogP contribution >= 0.6 is 0 Å². The molecular formula is C15H14N2O. The van der Waals surface area contributed by atoms with Crippen molar-refractivity contribution >= 4 is 0 Å². The first-order valence-corrected chi connectivity index (χ1v) is 5.82. The normalized spacial score (nSPS) is 10.1. The number of pyridine rings is 1. The molecule has 3 nitrogen and oxygen atoms in total. The standard InChI is InChI=1S/C15H14N2O/c1-11(2)18-15-12(9-16)5-3-7-14(15)13-6-4-8-17-10-13/h3-8,10-11H,1-2H3. The van der Waals surface area contributed by atoms with Gasteiger partial charge >= 0.3 is 0 Å². The third-order valence-corrected chi connectivity index (χ3v) is 2.46. The summed E-state index contributed by atoms with van der Waals surface area (Å²) < 4.78 is 5.77. The lowest BCUT2D eigenvalue weighted by Gasteiger charge is -2.15. The first kappa shape index (κ1) is 12.1. The molecule has 0 fully saturated rings. The minimum atomic E-state index is 0.0231. The zero-order valence-corrected chi connectivity index (χ0v) is 10.4. The molecule has 0 radical (unpaired) electrons. The Morgan fingerprint density at radius 3 is 2.67 bits per heavy atom. The molecule has 0 aliphatic rings. The number of ether oxygens (including phenoxy) is 1. The van der Waals surface area contributed by atoms with Crippen LogP contribution in [0.1, 0.15) is 19.4 Å². The number of aromatic nitrogens is 1. The molecule has 90 valence electrons. The maximum absolute atomic E-state index is 9.16. The van der Waals surface area contributed by atoms with Crippen LogP contribution in [0.2, 0.25) is 0 Å². The number of hydrogen-bond acceptors (Lipinski definition) is 3. The van der Waals surface area contributed by atoms with Crippen molar-refractivity contribution in [1.29, 1.82) is 5.26 Å². The molecule has 0 unspecified atom stereocenters. The lowest BCUT2D eigenvalue weighted by atomic mass is 10.0. The van der Waals surface area contributed by atoms with Crippen molar-refractivity contribution in [1.82, 2.24) is 4.98 Å². The van der Waals surface area contributed by atoms with E-state index in [0.29, 0.717) is 11.3 Å². The molecule has 0 spiro atoms. The summed E-state index contributed by atoms with van der Waals surface area (Å²) in [5.41, 5.74) is 2.39. The van der Waals surface area contributed by atoms with Crippen molar-refractivity contribution in [2.24, 2.45) is 0 Å². The van der Waals surface area contributed by atoms with Gasteiger partial charge in [0.1, 0.15) is 11.8 Å². The quantitative estimate of drug-likeness (QED) is 0.823. The van der Waals surface area contributed by atoms with Crippen LogP contribution in [-0.2, 0) is 0 Å². The van der Waals surface area contributed by atoms with Gasteiger partial charge in [0.05, 0.1) is 11.7 Å². The fraction of sp³-hybridized carbons (Fsp3) is 0.200. The first-order valence-electron chi connectivity index (χ1n) is 5.82. The Balaban J connectivity index is 2.57. The number of nitrogens with zero attached hydrogens (tertiary/aromatic N) is 2. The van der Waals surface area contributed by atoms with E-state index in [2.05, 4.69) is 11.1 Å². The van der Waals surface area contributed by atoms with Gasteiger partial charge in [-0.1, -0.05) is 18.2 Å². The van der Waals surface area contributed by atoms with Gasteiger partial charge in [0, 0.05) is 23.5 Å². The molecule has 0 aliphatic carbocycles. The van der Waals surface area contributed by atoms with Gasteiger partial charge in [-0.2, -0.15) is 5.26 Å². The van der Waals surface area contributed by atoms with E-state index in [0.717, 1.165) is 11.1 Å². The molecule has 0 aliphatic heterocycles. The van der Waals surface area contributed by atoms with Crippen molar-refractivity contribution in [2.45, 2.75) is 20.0 Å². The van der Waals surface area contributed by atoms with E-state index in [9.17, 15) is 0 Å². The van der Waals surface area contributed by atoms with E-state index in [-0.39, 0.29) is 6.10 Å². The third-order valence-electron chi connectivity index (χ3n) is 2.46. The summed E-state index contributed by atoms with van der Waals surface area (Å²) in [5.74, 6) is 0.628. The molecule has 0 bridgehead atoms. The van der Waals surface area contributed by atoms with E-state index in [4.69, 9.17) is 10.00 Å². The average molecular weight is 238 g/mol. The molecule has 1 aromatic heterocycles. The van der Waals surface area contributed by atoms with Crippen LogP contribution in [0.25, 0.3) is 11.1 Å². The highest BCUT2D eigenvalue weighted by Crippen LogP contribution is 2.33. The van der Waals surface area contributed by atoms with Crippen molar-refractivity contribution in [3.05, 3.63) is 48.3 Å². The van der Waals surface area contributed by atoms with Gasteiger partial charge in [-0.05, 0) is 26.0 Å². The molecule has 1 aromatic carbocycles. The number of rotatable bonds is 3. The Labute approximate surface area is 107 Å². The Kier molecular flexibility index (Phi) is 3.59. The van der Waals surface area contributed by atoms with Crippen molar-refractivity contribution in [2.75, 3.05) is 0 Å². The Bertz CT molecular complexity index is 571.